The molecule has 0 aliphatic rings. The minimum Gasteiger partial charge on any atom is -0.481 e. The fraction of sp³-hybridized carbons (Fsp3) is 0.857. The molecule has 0 unspecified atom stereocenters. The van der Waals surface area contributed by atoms with Crippen molar-refractivity contribution in [1.29, 1.82) is 0 Å². The number of amides is 1. The third-order valence-corrected chi connectivity index (χ3v) is 3.87. The van der Waals surface area contributed by atoms with Crippen LogP contribution < -0.4 is 0 Å². The molecule has 5 heteroatoms. The van der Waals surface area contributed by atoms with Crippen molar-refractivity contribution >= 4 is 11.9 Å². The van der Waals surface area contributed by atoms with Crippen LogP contribution in [0.4, 0.5) is 0 Å². The maximum atomic E-state index is 12.1. The molecule has 0 bridgehead atoms. The summed E-state index contributed by atoms with van der Waals surface area (Å²) in [5.41, 5.74) is -0.934. The minimum atomic E-state index is -0.934. The molecule has 112 valence electrons. The van der Waals surface area contributed by atoms with Crippen LogP contribution in [0, 0.1) is 5.41 Å². The Morgan fingerprint density at radius 2 is 1.68 bits per heavy atom. The highest BCUT2D eigenvalue weighted by molar-refractivity contribution is 5.84. The van der Waals surface area contributed by atoms with E-state index in [1.807, 2.05) is 13.8 Å². The number of carbonyl (C=O) groups is 2. The van der Waals surface area contributed by atoms with Gasteiger partial charge in [-0.2, -0.15) is 0 Å². The van der Waals surface area contributed by atoms with Crippen molar-refractivity contribution < 1.29 is 19.8 Å². The van der Waals surface area contributed by atoms with Gasteiger partial charge in [-0.1, -0.05) is 13.8 Å². The van der Waals surface area contributed by atoms with E-state index in [0.717, 1.165) is 19.3 Å². The molecule has 0 atom stereocenters. The number of unbranched alkanes of at least 4 members (excludes halogenated alkanes) is 2. The first kappa shape index (κ1) is 17.9. The highest BCUT2D eigenvalue weighted by Crippen LogP contribution is 2.31. The lowest BCUT2D eigenvalue weighted by Crippen LogP contribution is -2.38. The van der Waals surface area contributed by atoms with E-state index in [4.69, 9.17) is 5.11 Å². The maximum absolute atomic E-state index is 12.1. The molecule has 0 spiro atoms. The standard InChI is InChI=1S/C14H27NO4/c1-4-14(5-2,13(18)19)11-12(17)15(3)9-7-6-8-10-16/h16H,4-11H2,1-3H3,(H,18,19). The van der Waals surface area contributed by atoms with Gasteiger partial charge >= 0.3 is 5.97 Å². The number of nitrogens with zero attached hydrogens (tertiary/aromatic N) is 1. The summed E-state index contributed by atoms with van der Waals surface area (Å²) in [5.74, 6) is -1.00. The number of hydrogen-bond acceptors (Lipinski definition) is 3. The summed E-state index contributed by atoms with van der Waals surface area (Å²) in [5, 5.41) is 18.0. The van der Waals surface area contributed by atoms with Gasteiger partial charge in [0.2, 0.25) is 5.91 Å². The second-order valence-electron chi connectivity index (χ2n) is 5.07. The molecular formula is C14H27NO4. The van der Waals surface area contributed by atoms with Crippen LogP contribution in [-0.2, 0) is 9.59 Å². The number of aliphatic carboxylic acids is 1. The number of carbonyl (C=O) groups excluding carboxylic acids is 1. The van der Waals surface area contributed by atoms with Crippen molar-refractivity contribution in [2.75, 3.05) is 20.2 Å². The second-order valence-corrected chi connectivity index (χ2v) is 5.07. The van der Waals surface area contributed by atoms with Crippen LogP contribution in [0.3, 0.4) is 0 Å². The van der Waals surface area contributed by atoms with Crippen molar-refractivity contribution in [3.05, 3.63) is 0 Å². The van der Waals surface area contributed by atoms with Gasteiger partial charge in [-0.3, -0.25) is 9.59 Å². The Labute approximate surface area is 115 Å². The molecule has 5 nitrogen and oxygen atoms in total. The second kappa shape index (κ2) is 8.91. The van der Waals surface area contributed by atoms with Gasteiger partial charge in [0, 0.05) is 26.6 Å². The summed E-state index contributed by atoms with van der Waals surface area (Å²) in [7, 11) is 1.71. The predicted molar refractivity (Wildman–Crippen MR) is 73.8 cm³/mol. The van der Waals surface area contributed by atoms with E-state index in [1.54, 1.807) is 11.9 Å². The monoisotopic (exact) mass is 273 g/mol. The molecule has 0 aromatic heterocycles. The molecule has 19 heavy (non-hydrogen) atoms. The first-order valence-electron chi connectivity index (χ1n) is 7.01. The van der Waals surface area contributed by atoms with Crippen molar-refractivity contribution in [2.45, 2.75) is 52.4 Å². The predicted octanol–water partition coefficient (Wildman–Crippen LogP) is 1.89. The Kier molecular flexibility index (Phi) is 8.39. The van der Waals surface area contributed by atoms with Crippen molar-refractivity contribution in [2.24, 2.45) is 5.41 Å². The first-order chi connectivity index (χ1) is 8.93. The van der Waals surface area contributed by atoms with Gasteiger partial charge in [-0.25, -0.2) is 0 Å². The van der Waals surface area contributed by atoms with E-state index in [9.17, 15) is 14.7 Å². The van der Waals surface area contributed by atoms with Crippen LogP contribution >= 0.6 is 0 Å². The van der Waals surface area contributed by atoms with Crippen LogP contribution in [0.1, 0.15) is 52.4 Å². The van der Waals surface area contributed by atoms with Gasteiger partial charge in [-0.05, 0) is 32.1 Å². The number of aliphatic hydroxyl groups excluding tert-OH is 1. The maximum Gasteiger partial charge on any atom is 0.310 e. The van der Waals surface area contributed by atoms with E-state index in [2.05, 4.69) is 0 Å². The third-order valence-electron chi connectivity index (χ3n) is 3.87. The van der Waals surface area contributed by atoms with Gasteiger partial charge in [0.15, 0.2) is 0 Å². The molecule has 0 aliphatic heterocycles. The van der Waals surface area contributed by atoms with Gasteiger partial charge in [0.1, 0.15) is 0 Å². The fourth-order valence-corrected chi connectivity index (χ4v) is 2.06. The number of hydrogen-bond donors (Lipinski definition) is 2. The molecule has 0 saturated carbocycles. The summed E-state index contributed by atoms with van der Waals surface area (Å²) < 4.78 is 0. The molecule has 0 heterocycles. The zero-order valence-electron chi connectivity index (χ0n) is 12.3. The molecule has 1 amide bonds. The zero-order chi connectivity index (χ0) is 14.9. The molecule has 0 fully saturated rings. The Bertz CT molecular complexity index is 287. The average Bonchev–Trinajstić information content (AvgIpc) is 2.40. The van der Waals surface area contributed by atoms with Crippen LogP contribution in [0.15, 0.2) is 0 Å². The smallest absolute Gasteiger partial charge is 0.310 e. The molecule has 0 rings (SSSR count). The molecule has 2 N–H and O–H groups in total. The van der Waals surface area contributed by atoms with E-state index in [1.165, 1.54) is 0 Å². The molecular weight excluding hydrogens is 246 g/mol. The highest BCUT2D eigenvalue weighted by Gasteiger charge is 2.37. The largest absolute Gasteiger partial charge is 0.481 e. The molecule has 0 saturated heterocycles. The Balaban J connectivity index is 4.36. The van der Waals surface area contributed by atoms with Crippen molar-refractivity contribution in [3.8, 4) is 0 Å². The van der Waals surface area contributed by atoms with Gasteiger partial charge < -0.3 is 15.1 Å². The average molecular weight is 273 g/mol. The van der Waals surface area contributed by atoms with E-state index >= 15 is 0 Å². The van der Waals surface area contributed by atoms with Gasteiger partial charge in [0.25, 0.3) is 0 Å². The summed E-state index contributed by atoms with van der Waals surface area (Å²) in [6.45, 7) is 4.41. The number of rotatable bonds is 10. The lowest BCUT2D eigenvalue weighted by Gasteiger charge is -2.28. The van der Waals surface area contributed by atoms with Gasteiger partial charge in [0.05, 0.1) is 5.41 Å². The molecule has 0 aromatic carbocycles. The third kappa shape index (κ3) is 5.59. The summed E-state index contributed by atoms with van der Waals surface area (Å²) in [6, 6.07) is 0. The van der Waals surface area contributed by atoms with Crippen molar-refractivity contribution in [1.82, 2.24) is 4.90 Å². The SMILES string of the molecule is CCC(CC)(CC(=O)N(C)CCCCCO)C(=O)O. The Morgan fingerprint density at radius 3 is 2.11 bits per heavy atom. The Morgan fingerprint density at radius 1 is 1.11 bits per heavy atom. The molecule has 0 aliphatic carbocycles. The molecule has 0 aromatic rings. The number of carboxylic acid groups (broad SMARTS) is 1. The summed E-state index contributed by atoms with van der Waals surface area (Å²) in [6.07, 6.45) is 3.43. The number of aliphatic hydroxyl groups is 1. The highest BCUT2D eigenvalue weighted by atomic mass is 16.4. The van der Waals surface area contributed by atoms with Gasteiger partial charge in [-0.15, -0.1) is 0 Å². The minimum absolute atomic E-state index is 0.0613. The van der Waals surface area contributed by atoms with Crippen molar-refractivity contribution in [3.63, 3.8) is 0 Å². The zero-order valence-corrected chi connectivity index (χ0v) is 12.3. The summed E-state index contributed by atoms with van der Waals surface area (Å²) in [4.78, 5) is 25.0. The Hall–Kier alpha value is -1.10. The van der Waals surface area contributed by atoms with E-state index < -0.39 is 11.4 Å². The lowest BCUT2D eigenvalue weighted by atomic mass is 9.79. The van der Waals surface area contributed by atoms with E-state index in [-0.39, 0.29) is 18.9 Å². The van der Waals surface area contributed by atoms with E-state index in [0.29, 0.717) is 19.4 Å². The van der Waals surface area contributed by atoms with Crippen LogP contribution in [-0.4, -0.2) is 47.2 Å². The number of carboxylic acids is 1. The normalized spacial score (nSPS) is 11.4. The quantitative estimate of drug-likeness (QED) is 0.596. The first-order valence-corrected chi connectivity index (χ1v) is 7.01. The van der Waals surface area contributed by atoms with Crippen LogP contribution in [0.25, 0.3) is 0 Å². The fourth-order valence-electron chi connectivity index (χ4n) is 2.06. The lowest BCUT2D eigenvalue weighted by molar-refractivity contribution is -0.154. The van der Waals surface area contributed by atoms with Crippen LogP contribution in [0.2, 0.25) is 0 Å². The topological polar surface area (TPSA) is 77.8 Å². The van der Waals surface area contributed by atoms with Crippen LogP contribution in [0.5, 0.6) is 0 Å². The molecule has 0 radical (unpaired) electrons. The summed E-state index contributed by atoms with van der Waals surface area (Å²) >= 11 is 0.